The Labute approximate surface area is 190 Å². The van der Waals surface area contributed by atoms with E-state index in [0.29, 0.717) is 41.6 Å². The Balaban J connectivity index is 1.86. The second-order valence-electron chi connectivity index (χ2n) is 6.97. The Morgan fingerprint density at radius 3 is 2.61 bits per heavy atom. The van der Waals surface area contributed by atoms with E-state index in [1.165, 1.54) is 30.4 Å². The van der Waals surface area contributed by atoms with Crippen LogP contribution >= 0.6 is 22.9 Å². The third-order valence-electron chi connectivity index (χ3n) is 4.82. The largest absolute Gasteiger partial charge is 0.479 e. The molecule has 0 amide bonds. The highest BCUT2D eigenvalue weighted by Gasteiger charge is 2.35. The van der Waals surface area contributed by atoms with Crippen molar-refractivity contribution in [2.45, 2.75) is 19.2 Å². The number of fused-ring (bicyclic) bond motifs is 1. The number of hydrogen-bond acceptors (Lipinski definition) is 7. The van der Waals surface area contributed by atoms with Crippen LogP contribution in [0.15, 0.2) is 45.3 Å². The number of aliphatic carboxylic acids is 1. The van der Waals surface area contributed by atoms with Crippen molar-refractivity contribution in [3.8, 4) is 22.0 Å². The van der Waals surface area contributed by atoms with Gasteiger partial charge in [-0.3, -0.25) is 9.36 Å². The van der Waals surface area contributed by atoms with Gasteiger partial charge in [-0.1, -0.05) is 0 Å². The van der Waals surface area contributed by atoms with Crippen molar-refractivity contribution in [3.05, 3.63) is 62.2 Å². The van der Waals surface area contributed by atoms with Crippen LogP contribution in [0.4, 0.5) is 13.2 Å². The molecule has 172 valence electrons. The number of aromatic nitrogens is 3. The Hall–Kier alpha value is -3.45. The van der Waals surface area contributed by atoms with E-state index in [0.717, 1.165) is 18.6 Å². The molecule has 1 atom stereocenters. The van der Waals surface area contributed by atoms with Gasteiger partial charge < -0.3 is 9.84 Å². The zero-order valence-corrected chi connectivity index (χ0v) is 18.5. The topological polar surface area (TPSA) is 103 Å². The molecule has 0 aliphatic carbocycles. The van der Waals surface area contributed by atoms with Crippen molar-refractivity contribution in [2.24, 2.45) is 7.05 Å². The molecule has 0 spiro atoms. The molecule has 4 rings (SSSR count). The molecule has 0 radical (unpaired) electrons. The maximum absolute atomic E-state index is 13.1. The van der Waals surface area contributed by atoms with Crippen molar-refractivity contribution in [2.75, 3.05) is 0 Å². The summed E-state index contributed by atoms with van der Waals surface area (Å²) in [6.07, 6.45) is -5.96. The molecular weight excluding hydrogens is 483 g/mol. The molecule has 4 aromatic rings. The SMILES string of the molecule is CC(Oc1ccsc1-c1nsc2ccc(-n3c(=O)cc(C(F)(F)F)n(C)c3=O)cc12)C(=O)O. The zero-order valence-electron chi connectivity index (χ0n) is 16.9. The molecule has 3 aromatic heterocycles. The van der Waals surface area contributed by atoms with Gasteiger partial charge in [-0.25, -0.2) is 14.2 Å². The molecule has 3 heterocycles. The van der Waals surface area contributed by atoms with Crippen LogP contribution in [0, 0.1) is 0 Å². The van der Waals surface area contributed by atoms with Crippen molar-refractivity contribution >= 4 is 38.9 Å². The number of benzene rings is 1. The van der Waals surface area contributed by atoms with Crippen LogP contribution < -0.4 is 16.0 Å². The summed E-state index contributed by atoms with van der Waals surface area (Å²) in [7, 11) is 0.941. The van der Waals surface area contributed by atoms with Gasteiger partial charge in [0.15, 0.2) is 6.10 Å². The fourth-order valence-corrected chi connectivity index (χ4v) is 4.82. The monoisotopic (exact) mass is 497 g/mol. The molecule has 1 unspecified atom stereocenters. The van der Waals surface area contributed by atoms with Crippen molar-refractivity contribution in [1.82, 2.24) is 13.5 Å². The highest BCUT2D eigenvalue weighted by molar-refractivity contribution is 7.16. The van der Waals surface area contributed by atoms with Crippen LogP contribution in [0.25, 0.3) is 26.3 Å². The summed E-state index contributed by atoms with van der Waals surface area (Å²) in [6, 6.07) is 6.50. The lowest BCUT2D eigenvalue weighted by molar-refractivity contribution is -0.144. The van der Waals surface area contributed by atoms with Gasteiger partial charge >= 0.3 is 17.8 Å². The minimum absolute atomic E-state index is 0.0706. The van der Waals surface area contributed by atoms with E-state index >= 15 is 0 Å². The van der Waals surface area contributed by atoms with Crippen LogP contribution in [0.1, 0.15) is 12.6 Å². The van der Waals surface area contributed by atoms with Gasteiger partial charge in [0.25, 0.3) is 5.56 Å². The first-order valence-corrected chi connectivity index (χ1v) is 10.9. The molecule has 0 aliphatic heterocycles. The fraction of sp³-hybridized carbons (Fsp3) is 0.200. The van der Waals surface area contributed by atoms with E-state index < -0.39 is 35.2 Å². The molecule has 1 aromatic carbocycles. The maximum atomic E-state index is 13.1. The first-order chi connectivity index (χ1) is 15.5. The van der Waals surface area contributed by atoms with Crippen molar-refractivity contribution in [1.29, 1.82) is 0 Å². The quantitative estimate of drug-likeness (QED) is 0.451. The van der Waals surface area contributed by atoms with Gasteiger partial charge in [0.2, 0.25) is 0 Å². The molecule has 0 saturated heterocycles. The van der Waals surface area contributed by atoms with E-state index in [2.05, 4.69) is 4.37 Å². The lowest BCUT2D eigenvalue weighted by Crippen LogP contribution is -2.40. The Bertz CT molecular complexity index is 1500. The van der Waals surface area contributed by atoms with Gasteiger partial charge in [0.1, 0.15) is 17.1 Å². The van der Waals surface area contributed by atoms with Crippen molar-refractivity contribution in [3.63, 3.8) is 0 Å². The summed E-state index contributed by atoms with van der Waals surface area (Å²) in [5.74, 6) is -0.842. The molecule has 33 heavy (non-hydrogen) atoms. The Morgan fingerprint density at radius 2 is 1.94 bits per heavy atom. The second kappa shape index (κ2) is 8.15. The van der Waals surface area contributed by atoms with Crippen LogP contribution in [0.3, 0.4) is 0 Å². The van der Waals surface area contributed by atoms with Gasteiger partial charge in [-0.15, -0.1) is 11.3 Å². The van der Waals surface area contributed by atoms with E-state index in [9.17, 15) is 27.6 Å². The molecule has 1 N–H and O–H groups in total. The highest BCUT2D eigenvalue weighted by atomic mass is 32.1. The Morgan fingerprint density at radius 1 is 1.21 bits per heavy atom. The number of nitrogens with zero attached hydrogens (tertiary/aromatic N) is 3. The lowest BCUT2D eigenvalue weighted by atomic mass is 10.1. The molecular formula is C20H14F3N3O5S2. The minimum atomic E-state index is -4.86. The number of hydrogen-bond donors (Lipinski definition) is 1. The number of thiophene rings is 1. The third kappa shape index (κ3) is 4.04. The average molecular weight is 497 g/mol. The van der Waals surface area contributed by atoms with E-state index in [1.807, 2.05) is 0 Å². The van der Waals surface area contributed by atoms with Crippen LogP contribution in [0.2, 0.25) is 0 Å². The van der Waals surface area contributed by atoms with Crippen LogP contribution in [-0.2, 0) is 18.0 Å². The summed E-state index contributed by atoms with van der Waals surface area (Å²) in [5, 5.41) is 11.3. The maximum Gasteiger partial charge on any atom is 0.431 e. The fourth-order valence-electron chi connectivity index (χ4n) is 3.17. The second-order valence-corrected chi connectivity index (χ2v) is 8.69. The first-order valence-electron chi connectivity index (χ1n) is 9.26. The molecule has 0 fully saturated rings. The minimum Gasteiger partial charge on any atom is -0.479 e. The number of halogens is 3. The molecule has 0 saturated carbocycles. The van der Waals surface area contributed by atoms with Crippen molar-refractivity contribution < 1.29 is 27.8 Å². The molecule has 8 nitrogen and oxygen atoms in total. The van der Waals surface area contributed by atoms with Gasteiger partial charge in [0, 0.05) is 18.5 Å². The number of carboxylic acids is 1. The predicted octanol–water partition coefficient (Wildman–Crippen LogP) is 3.75. The molecule has 0 aliphatic rings. The summed E-state index contributed by atoms with van der Waals surface area (Å²) < 4.78 is 51.0. The summed E-state index contributed by atoms with van der Waals surface area (Å²) in [6.45, 7) is 1.38. The number of ether oxygens (including phenoxy) is 1. The number of carbonyl (C=O) groups is 1. The first kappa shape index (κ1) is 22.7. The molecule has 13 heteroatoms. The Kier molecular flexibility index (Phi) is 5.62. The van der Waals surface area contributed by atoms with Crippen LogP contribution in [-0.4, -0.2) is 30.7 Å². The van der Waals surface area contributed by atoms with Crippen LogP contribution in [0.5, 0.6) is 5.75 Å². The number of carboxylic acid groups (broad SMARTS) is 1. The number of rotatable bonds is 5. The predicted molar refractivity (Wildman–Crippen MR) is 116 cm³/mol. The smallest absolute Gasteiger partial charge is 0.431 e. The summed E-state index contributed by atoms with van der Waals surface area (Å²) >= 11 is 2.39. The van der Waals surface area contributed by atoms with Gasteiger partial charge in [-0.2, -0.15) is 17.5 Å². The van der Waals surface area contributed by atoms with E-state index in [-0.39, 0.29) is 5.69 Å². The summed E-state index contributed by atoms with van der Waals surface area (Å²) in [4.78, 5) is 36.8. The van der Waals surface area contributed by atoms with Gasteiger partial charge in [-0.05, 0) is 48.1 Å². The molecule has 0 bridgehead atoms. The standard InChI is InChI=1S/C20H14F3N3O5S2/c1-9(18(28)29)31-12-5-6-32-17(12)16-11-7-10(3-4-13(11)33-24-16)26-15(27)8-14(20(21,22)23)25(2)19(26)30/h3-9H,1-2H3,(H,28,29). The lowest BCUT2D eigenvalue weighted by Gasteiger charge is -2.14. The average Bonchev–Trinajstić information content (AvgIpc) is 3.36. The van der Waals surface area contributed by atoms with E-state index in [4.69, 9.17) is 9.84 Å². The highest BCUT2D eigenvalue weighted by Crippen LogP contribution is 2.41. The van der Waals surface area contributed by atoms with E-state index in [1.54, 1.807) is 17.5 Å². The summed E-state index contributed by atoms with van der Waals surface area (Å²) in [5.41, 5.74) is -3.10. The number of alkyl halides is 3. The van der Waals surface area contributed by atoms with Gasteiger partial charge in [0.05, 0.1) is 15.3 Å². The normalized spacial score (nSPS) is 12.8. The zero-order chi connectivity index (χ0) is 24.1. The third-order valence-corrected chi connectivity index (χ3v) is 6.55.